The summed E-state index contributed by atoms with van der Waals surface area (Å²) in [5.74, 6) is -0.644. The van der Waals surface area contributed by atoms with Crippen LogP contribution in [-0.4, -0.2) is 30.3 Å². The normalized spacial score (nSPS) is 22.9. The van der Waals surface area contributed by atoms with Gasteiger partial charge in [-0.15, -0.1) is 0 Å². The van der Waals surface area contributed by atoms with Gasteiger partial charge in [0.2, 0.25) is 0 Å². The summed E-state index contributed by atoms with van der Waals surface area (Å²) in [5.41, 5.74) is 5.57. The Balaban J connectivity index is 2.12. The predicted molar refractivity (Wildman–Crippen MR) is 95.0 cm³/mol. The van der Waals surface area contributed by atoms with E-state index in [9.17, 15) is 22.8 Å². The van der Waals surface area contributed by atoms with Crippen molar-refractivity contribution in [3.63, 3.8) is 0 Å². The minimum atomic E-state index is -4.59. The minimum absolute atomic E-state index is 0.0212. The highest BCUT2D eigenvalue weighted by molar-refractivity contribution is 8.18. The van der Waals surface area contributed by atoms with Crippen molar-refractivity contribution in [2.45, 2.75) is 25.1 Å². The molecule has 0 spiro atoms. The van der Waals surface area contributed by atoms with Crippen molar-refractivity contribution in [2.24, 2.45) is 5.73 Å². The number of rotatable bonds is 2. The van der Waals surface area contributed by atoms with E-state index in [1.54, 1.807) is 0 Å². The Hall–Kier alpha value is -1.71. The lowest BCUT2D eigenvalue weighted by molar-refractivity contribution is -0.137. The quantitative estimate of drug-likeness (QED) is 0.735. The molecule has 26 heavy (non-hydrogen) atoms. The van der Waals surface area contributed by atoms with Gasteiger partial charge in [0, 0.05) is 24.7 Å². The number of carbonyl (C=O) groups excluding carboxylic acids is 2. The van der Waals surface area contributed by atoms with Crippen LogP contribution in [0.3, 0.4) is 0 Å². The molecule has 2 aliphatic rings. The summed E-state index contributed by atoms with van der Waals surface area (Å²) in [6.45, 7) is 1.03. The Morgan fingerprint density at radius 1 is 1.35 bits per heavy atom. The lowest BCUT2D eigenvalue weighted by Crippen LogP contribution is -2.43. The van der Waals surface area contributed by atoms with Crippen LogP contribution in [0.15, 0.2) is 17.0 Å². The molecule has 0 aliphatic carbocycles. The largest absolute Gasteiger partial charge is 0.416 e. The average molecular weight is 406 g/mol. The molecule has 0 radical (unpaired) electrons. The highest BCUT2D eigenvalue weighted by atomic mass is 35.5. The molecule has 0 aromatic heterocycles. The molecule has 1 aromatic carbocycles. The molecule has 3 N–H and O–H groups in total. The van der Waals surface area contributed by atoms with E-state index in [0.717, 1.165) is 25.0 Å². The van der Waals surface area contributed by atoms with E-state index in [2.05, 4.69) is 5.32 Å². The van der Waals surface area contributed by atoms with E-state index >= 15 is 0 Å². The molecule has 0 unspecified atom stereocenters. The number of nitrogens with one attached hydrogen (secondary N) is 1. The maximum atomic E-state index is 13.2. The molecule has 2 fully saturated rings. The fourth-order valence-electron chi connectivity index (χ4n) is 3.00. The maximum Gasteiger partial charge on any atom is 0.416 e. The average Bonchev–Trinajstić information content (AvgIpc) is 2.83. The van der Waals surface area contributed by atoms with Gasteiger partial charge in [-0.3, -0.25) is 14.9 Å². The number of hydrogen-bond donors (Lipinski definition) is 2. The minimum Gasteiger partial charge on any atom is -0.368 e. The van der Waals surface area contributed by atoms with Crippen LogP contribution in [0.25, 0.3) is 6.08 Å². The van der Waals surface area contributed by atoms with Crippen LogP contribution in [0.2, 0.25) is 5.02 Å². The van der Waals surface area contributed by atoms with Gasteiger partial charge in [0.05, 0.1) is 21.2 Å². The van der Waals surface area contributed by atoms with E-state index in [1.165, 1.54) is 6.08 Å². The number of carbonyl (C=O) groups is 2. The fraction of sp³-hybridized carbons (Fsp3) is 0.375. The van der Waals surface area contributed by atoms with Crippen molar-refractivity contribution in [2.75, 3.05) is 18.0 Å². The van der Waals surface area contributed by atoms with Gasteiger partial charge >= 0.3 is 6.18 Å². The number of amides is 2. The number of anilines is 1. The summed E-state index contributed by atoms with van der Waals surface area (Å²) in [6.07, 6.45) is -1.73. The van der Waals surface area contributed by atoms with E-state index < -0.39 is 22.9 Å². The van der Waals surface area contributed by atoms with Gasteiger partial charge in [0.1, 0.15) is 0 Å². The molecule has 2 saturated heterocycles. The topological polar surface area (TPSA) is 75.4 Å². The van der Waals surface area contributed by atoms with Crippen LogP contribution in [0.5, 0.6) is 0 Å². The molecule has 5 nitrogen and oxygen atoms in total. The van der Waals surface area contributed by atoms with Crippen molar-refractivity contribution in [3.05, 3.63) is 33.2 Å². The molecule has 2 amide bonds. The molecule has 2 aliphatic heterocycles. The first-order chi connectivity index (χ1) is 12.1. The second kappa shape index (κ2) is 7.13. The summed E-state index contributed by atoms with van der Waals surface area (Å²) in [7, 11) is 0. The van der Waals surface area contributed by atoms with E-state index in [0.29, 0.717) is 30.5 Å². The number of hydrogen-bond acceptors (Lipinski definition) is 5. The third-order valence-corrected chi connectivity index (χ3v) is 5.22. The second-order valence-corrected chi connectivity index (χ2v) is 7.52. The van der Waals surface area contributed by atoms with Crippen LogP contribution in [0.4, 0.5) is 23.7 Å². The van der Waals surface area contributed by atoms with Crippen LogP contribution in [0.1, 0.15) is 24.0 Å². The Kier molecular flexibility index (Phi) is 5.23. The molecular weight excluding hydrogens is 391 g/mol. The van der Waals surface area contributed by atoms with E-state index in [1.807, 2.05) is 4.90 Å². The summed E-state index contributed by atoms with van der Waals surface area (Å²) in [5, 5.41) is 1.44. The van der Waals surface area contributed by atoms with Gasteiger partial charge < -0.3 is 10.6 Å². The zero-order valence-electron chi connectivity index (χ0n) is 13.4. The summed E-state index contributed by atoms with van der Waals surface area (Å²) >= 11 is 6.82. The second-order valence-electron chi connectivity index (χ2n) is 6.09. The third kappa shape index (κ3) is 3.99. The number of benzene rings is 1. The van der Waals surface area contributed by atoms with Crippen LogP contribution >= 0.6 is 23.4 Å². The van der Waals surface area contributed by atoms with Gasteiger partial charge in [-0.1, -0.05) is 11.6 Å². The van der Waals surface area contributed by atoms with Crippen molar-refractivity contribution in [1.29, 1.82) is 0 Å². The monoisotopic (exact) mass is 405 g/mol. The highest BCUT2D eigenvalue weighted by Crippen LogP contribution is 2.40. The highest BCUT2D eigenvalue weighted by Gasteiger charge is 2.34. The van der Waals surface area contributed by atoms with E-state index in [-0.39, 0.29) is 21.5 Å². The van der Waals surface area contributed by atoms with Gasteiger partial charge in [0.25, 0.3) is 11.1 Å². The molecule has 2 heterocycles. The van der Waals surface area contributed by atoms with Crippen molar-refractivity contribution in [1.82, 2.24) is 5.32 Å². The summed E-state index contributed by atoms with van der Waals surface area (Å²) < 4.78 is 39.6. The first-order valence-electron chi connectivity index (χ1n) is 7.81. The SMILES string of the molecule is N[C@@H]1CCCN(c2c(Cl)cc(C(F)(F)F)cc2C=C2SC(=O)NC2=O)C1. The zero-order chi connectivity index (χ0) is 19.1. The van der Waals surface area contributed by atoms with Gasteiger partial charge in [-0.25, -0.2) is 0 Å². The van der Waals surface area contributed by atoms with Crippen molar-refractivity contribution >= 4 is 46.3 Å². The van der Waals surface area contributed by atoms with Gasteiger partial charge in [-0.2, -0.15) is 13.2 Å². The molecule has 140 valence electrons. The first-order valence-corrected chi connectivity index (χ1v) is 9.00. The molecule has 10 heteroatoms. The predicted octanol–water partition coefficient (Wildman–Crippen LogP) is 3.61. The lowest BCUT2D eigenvalue weighted by Gasteiger charge is -2.34. The number of thioether (sulfide) groups is 1. The number of nitrogens with two attached hydrogens (primary N) is 1. The van der Waals surface area contributed by atoms with Gasteiger partial charge in [0.15, 0.2) is 0 Å². The Morgan fingerprint density at radius 2 is 2.08 bits per heavy atom. The number of alkyl halides is 3. The van der Waals surface area contributed by atoms with Crippen LogP contribution < -0.4 is 16.0 Å². The molecule has 0 saturated carbocycles. The molecule has 0 bridgehead atoms. The molecule has 1 atom stereocenters. The van der Waals surface area contributed by atoms with Gasteiger partial charge in [-0.05, 0) is 42.8 Å². The standard InChI is InChI=1S/C16H15ClF3N3O2S/c17-11-6-9(16(18,19)20)4-8(5-12-14(24)22-15(25)26-12)13(11)23-3-1-2-10(21)7-23/h4-6,10H,1-3,7,21H2,(H,22,24,25)/t10-/m1/s1. The maximum absolute atomic E-state index is 13.2. The zero-order valence-corrected chi connectivity index (χ0v) is 15.0. The van der Waals surface area contributed by atoms with Crippen LogP contribution in [0, 0.1) is 0 Å². The first kappa shape index (κ1) is 19.1. The number of halogens is 4. The lowest BCUT2D eigenvalue weighted by atomic mass is 10.0. The summed E-state index contributed by atoms with van der Waals surface area (Å²) in [6, 6.07) is 1.69. The third-order valence-electron chi connectivity index (χ3n) is 4.12. The van der Waals surface area contributed by atoms with Crippen molar-refractivity contribution in [3.8, 4) is 0 Å². The molecular formula is C16H15ClF3N3O2S. The van der Waals surface area contributed by atoms with Crippen LogP contribution in [-0.2, 0) is 11.0 Å². The number of piperidine rings is 1. The Bertz CT molecular complexity index is 798. The Morgan fingerprint density at radius 3 is 2.65 bits per heavy atom. The summed E-state index contributed by atoms with van der Waals surface area (Å²) in [4.78, 5) is 25.0. The molecule has 3 rings (SSSR count). The number of imide groups is 1. The Labute approximate surface area is 156 Å². The molecule has 1 aromatic rings. The number of nitrogens with zero attached hydrogens (tertiary/aromatic N) is 1. The smallest absolute Gasteiger partial charge is 0.368 e. The van der Waals surface area contributed by atoms with E-state index in [4.69, 9.17) is 17.3 Å². The van der Waals surface area contributed by atoms with Crippen molar-refractivity contribution < 1.29 is 22.8 Å². The fourth-order valence-corrected chi connectivity index (χ4v) is 4.02.